The Bertz CT molecular complexity index is 6540. The summed E-state index contributed by atoms with van der Waals surface area (Å²) in [6.45, 7) is 21.1. The maximum absolute atomic E-state index is 3.45. The van der Waals surface area contributed by atoms with Crippen LogP contribution in [0.5, 0.6) is 0 Å². The van der Waals surface area contributed by atoms with Gasteiger partial charge in [0.2, 0.25) is 0 Å². The standard InChI is InChI=1S/C32H28N2.2C26H24N2.2C20H20N2/c1-25-11-9-17-31(23-25)34(32-18-10-12-26(2)24-32)30-21-19-29(20-22-30)33(27-13-5-3-6-14-27)28-15-7-4-8-16-28;1-20-8-6-12-25(18-20)28(26-13-7-9-21(2)19-26)24-16-14-23(15-17-24)27-22-10-4-3-5-11-22;1-20-8-14-24(15-9-20)28(25-16-10-21(2)11-17-25)26-18-12-23(13-19-26)27-22-6-4-3-5-7-22;1-15-3-7-17(8-4-15)21-19-11-13-20(14-12-19)22-18-9-5-16(2)6-10-18;1-15-5-3-7-19(13-15)21-17-9-11-18(12-10-17)22-20-8-4-6-16(2)14-20/h3-24H,1-2H3;2*3-19,27H,1-2H3;2*3-14,21-22H,1-2H3. The predicted molar refractivity (Wildman–Crippen MR) is 577 cm³/mol. The van der Waals surface area contributed by atoms with Gasteiger partial charge in [0.15, 0.2) is 0 Å². The second kappa shape index (κ2) is 45.9. The minimum Gasteiger partial charge on any atom is -0.356 e. The predicted octanol–water partition coefficient (Wildman–Crippen LogP) is 35.9. The molecule has 0 bridgehead atoms. The minimum atomic E-state index is 1.07. The van der Waals surface area contributed by atoms with Crippen molar-refractivity contribution in [1.82, 2.24) is 0 Å². The molecule has 19 rings (SSSR count). The number of rotatable bonds is 24. The summed E-state index contributed by atoms with van der Waals surface area (Å²) in [5, 5.41) is 20.5. The topological polar surface area (TPSA) is 85.1 Å². The van der Waals surface area contributed by atoms with Crippen molar-refractivity contribution in [2.45, 2.75) is 69.2 Å². The van der Waals surface area contributed by atoms with E-state index in [2.05, 4.69) is 570 Å². The van der Waals surface area contributed by atoms with E-state index in [4.69, 9.17) is 0 Å². The summed E-state index contributed by atoms with van der Waals surface area (Å²) in [5.74, 6) is 0. The lowest BCUT2D eigenvalue weighted by Gasteiger charge is -2.28. The van der Waals surface area contributed by atoms with Crippen LogP contribution in [0, 0.1) is 69.2 Å². The molecule has 0 saturated carbocycles. The van der Waals surface area contributed by atoms with Gasteiger partial charge in [-0.15, -0.1) is 0 Å². The Morgan fingerprint density at radius 2 is 0.246 bits per heavy atom. The fourth-order valence-electron chi connectivity index (χ4n) is 15.6. The van der Waals surface area contributed by atoms with Crippen LogP contribution in [-0.2, 0) is 0 Å². The van der Waals surface area contributed by atoms with Gasteiger partial charge in [-0.2, -0.15) is 0 Å². The van der Waals surface area contributed by atoms with Crippen molar-refractivity contribution in [2.75, 3.05) is 51.5 Å². The molecule has 0 heterocycles. The Morgan fingerprint density at radius 3 is 0.478 bits per heavy atom. The van der Waals surface area contributed by atoms with E-state index < -0.39 is 0 Å². The maximum atomic E-state index is 3.45. The largest absolute Gasteiger partial charge is 0.356 e. The van der Waals surface area contributed by atoms with E-state index in [0.29, 0.717) is 0 Å². The van der Waals surface area contributed by atoms with Gasteiger partial charge in [-0.3, -0.25) is 0 Å². The molecule has 10 nitrogen and oxygen atoms in total. The first-order chi connectivity index (χ1) is 65.4. The zero-order valence-electron chi connectivity index (χ0n) is 78.0. The lowest BCUT2D eigenvalue weighted by atomic mass is 10.1. The first kappa shape index (κ1) is 91.9. The number of aryl methyl sites for hydroxylation is 10. The normalized spacial score (nSPS) is 10.5. The molecule has 134 heavy (non-hydrogen) atoms. The molecule has 6 N–H and O–H groups in total. The molecule has 10 heteroatoms. The Morgan fingerprint density at radius 1 is 0.104 bits per heavy atom. The first-order valence-electron chi connectivity index (χ1n) is 45.6. The van der Waals surface area contributed by atoms with Crippen LogP contribution < -0.4 is 51.5 Å². The van der Waals surface area contributed by atoms with Crippen LogP contribution in [-0.4, -0.2) is 0 Å². The number of anilines is 24. The fraction of sp³-hybridized carbons (Fsp3) is 0.0806. The molecule has 0 spiro atoms. The van der Waals surface area contributed by atoms with E-state index in [9.17, 15) is 0 Å². The summed E-state index contributed by atoms with van der Waals surface area (Å²) in [7, 11) is 0. The SMILES string of the molecule is Cc1ccc(N(c2ccc(C)cc2)c2ccc(Nc3ccccc3)cc2)cc1.Cc1ccc(Nc2ccc(Nc3ccc(C)cc3)cc2)cc1.Cc1cccc(N(c2ccc(N(c3ccccc3)c3ccccc3)cc2)c2cccc(C)c2)c1.Cc1cccc(N(c2ccc(Nc3ccccc3)cc2)c2cccc(C)c2)c1.Cc1cccc(Nc2ccc(Nc3cccc(C)c3)cc2)c1. The van der Waals surface area contributed by atoms with Gasteiger partial charge in [-0.05, 0) is 394 Å². The first-order valence-corrected chi connectivity index (χ1v) is 45.6. The van der Waals surface area contributed by atoms with Crippen molar-refractivity contribution >= 4 is 136 Å². The fourth-order valence-corrected chi connectivity index (χ4v) is 15.6. The van der Waals surface area contributed by atoms with Crippen molar-refractivity contribution < 1.29 is 0 Å². The van der Waals surface area contributed by atoms with E-state index in [1.165, 1.54) is 55.6 Å². The van der Waals surface area contributed by atoms with Crippen molar-refractivity contribution in [1.29, 1.82) is 0 Å². The lowest BCUT2D eigenvalue weighted by Crippen LogP contribution is -2.12. The van der Waals surface area contributed by atoms with Crippen molar-refractivity contribution in [3.05, 3.63) is 541 Å². The van der Waals surface area contributed by atoms with Gasteiger partial charge in [-0.1, -0.05) is 216 Å². The summed E-state index contributed by atoms with van der Waals surface area (Å²) in [4.78, 5) is 9.18. The molecule has 0 aliphatic heterocycles. The summed E-state index contributed by atoms with van der Waals surface area (Å²) in [5.41, 5.74) is 39.3. The molecule has 0 atom stereocenters. The molecule has 0 fully saturated rings. The Balaban J connectivity index is 0.000000129. The molecule has 19 aromatic rings. The maximum Gasteiger partial charge on any atom is 0.0464 e. The van der Waals surface area contributed by atoms with Gasteiger partial charge in [0.1, 0.15) is 0 Å². The van der Waals surface area contributed by atoms with Crippen LogP contribution in [0.2, 0.25) is 0 Å². The molecule has 0 aliphatic carbocycles. The summed E-state index contributed by atoms with van der Waals surface area (Å²) < 4.78 is 0. The number of hydrogen-bond acceptors (Lipinski definition) is 10. The monoisotopic (exact) mass is 1740 g/mol. The molecular weight excluding hydrogens is 1630 g/mol. The highest BCUT2D eigenvalue weighted by Gasteiger charge is 2.19. The molecule has 662 valence electrons. The van der Waals surface area contributed by atoms with Crippen molar-refractivity contribution in [3.63, 3.8) is 0 Å². The van der Waals surface area contributed by atoms with Crippen LogP contribution in [0.1, 0.15) is 55.6 Å². The van der Waals surface area contributed by atoms with Gasteiger partial charge in [-0.25, -0.2) is 0 Å². The van der Waals surface area contributed by atoms with Crippen LogP contribution in [0.15, 0.2) is 485 Å². The van der Waals surface area contributed by atoms with Gasteiger partial charge in [0.05, 0.1) is 0 Å². The van der Waals surface area contributed by atoms with E-state index in [0.717, 1.165) is 136 Å². The van der Waals surface area contributed by atoms with Gasteiger partial charge in [0.25, 0.3) is 0 Å². The molecule has 0 amide bonds. The number of para-hydroxylation sites is 4. The van der Waals surface area contributed by atoms with E-state index >= 15 is 0 Å². The average Bonchev–Trinajstić information content (AvgIpc) is 0.792. The third-order valence-corrected chi connectivity index (χ3v) is 22.5. The Hall–Kier alpha value is -16.8. The zero-order chi connectivity index (χ0) is 92.8. The number of nitrogens with zero attached hydrogens (tertiary/aromatic N) is 4. The smallest absolute Gasteiger partial charge is 0.0464 e. The second-order valence-corrected chi connectivity index (χ2v) is 33.8. The summed E-state index contributed by atoms with van der Waals surface area (Å²) in [6.07, 6.45) is 0. The number of nitrogens with one attached hydrogen (secondary N) is 6. The highest BCUT2D eigenvalue weighted by molar-refractivity contribution is 5.84. The zero-order valence-corrected chi connectivity index (χ0v) is 78.0. The van der Waals surface area contributed by atoms with E-state index in [1.54, 1.807) is 0 Å². The minimum absolute atomic E-state index is 1.07. The number of hydrogen-bond donors (Lipinski definition) is 6. The molecule has 19 aromatic carbocycles. The quantitative estimate of drug-likeness (QED) is 0.0352. The van der Waals surface area contributed by atoms with Crippen LogP contribution >= 0.6 is 0 Å². The molecule has 0 radical (unpaired) electrons. The lowest BCUT2D eigenvalue weighted by molar-refractivity contribution is 1.24. The van der Waals surface area contributed by atoms with Gasteiger partial charge < -0.3 is 51.5 Å². The van der Waals surface area contributed by atoms with Crippen LogP contribution in [0.25, 0.3) is 0 Å². The highest BCUT2D eigenvalue weighted by atomic mass is 15.2. The Kier molecular flexibility index (Phi) is 31.5. The molecule has 0 aromatic heterocycles. The third kappa shape index (κ3) is 26.7. The second-order valence-electron chi connectivity index (χ2n) is 33.8. The van der Waals surface area contributed by atoms with Crippen LogP contribution in [0.3, 0.4) is 0 Å². The molecule has 0 saturated heterocycles. The molecular formula is C124H116N10. The van der Waals surface area contributed by atoms with Crippen molar-refractivity contribution in [2.24, 2.45) is 0 Å². The summed E-state index contributed by atoms with van der Waals surface area (Å²) >= 11 is 0. The molecule has 0 unspecified atom stereocenters. The summed E-state index contributed by atoms with van der Waals surface area (Å²) in [6, 6.07) is 169. The van der Waals surface area contributed by atoms with Gasteiger partial charge >= 0.3 is 0 Å². The average molecular weight is 1750 g/mol. The molecule has 0 aliphatic rings. The van der Waals surface area contributed by atoms with E-state index in [-0.39, 0.29) is 0 Å². The van der Waals surface area contributed by atoms with Crippen molar-refractivity contribution in [3.8, 4) is 0 Å². The van der Waals surface area contributed by atoms with Crippen LogP contribution in [0.4, 0.5) is 136 Å². The third-order valence-electron chi connectivity index (χ3n) is 22.5. The van der Waals surface area contributed by atoms with Gasteiger partial charge in [0, 0.05) is 136 Å². The number of benzene rings is 19. The highest BCUT2D eigenvalue weighted by Crippen LogP contribution is 2.42. The Labute approximate surface area is 792 Å². The van der Waals surface area contributed by atoms with E-state index in [1.807, 2.05) is 36.4 Å².